The van der Waals surface area contributed by atoms with Gasteiger partial charge in [-0.05, 0) is 25.6 Å². The molecule has 0 fully saturated rings. The molecular weight excluding hydrogens is 244 g/mol. The molecule has 2 unspecified atom stereocenters. The number of pyridine rings is 1. The third-order valence-corrected chi connectivity index (χ3v) is 2.67. The van der Waals surface area contributed by atoms with Crippen LogP contribution in [0.15, 0.2) is 24.5 Å². The van der Waals surface area contributed by atoms with Gasteiger partial charge >= 0.3 is 0 Å². The second-order valence-electron chi connectivity index (χ2n) is 4.81. The number of hydrogen-bond donors (Lipinski definition) is 1. The predicted octanol–water partition coefficient (Wildman–Crippen LogP) is 0.926. The van der Waals surface area contributed by atoms with Gasteiger partial charge in [-0.2, -0.15) is 0 Å². The first-order chi connectivity index (χ1) is 9.11. The van der Waals surface area contributed by atoms with Crippen LogP contribution in [0, 0.1) is 0 Å². The van der Waals surface area contributed by atoms with Gasteiger partial charge in [-0.25, -0.2) is 0 Å². The van der Waals surface area contributed by atoms with Crippen LogP contribution < -0.4 is 0 Å². The smallest absolute Gasteiger partial charge is 0.0900 e. The zero-order valence-electron chi connectivity index (χ0n) is 12.0. The lowest BCUT2D eigenvalue weighted by Crippen LogP contribution is -2.33. The first-order valence-corrected chi connectivity index (χ1v) is 6.48. The molecule has 5 nitrogen and oxygen atoms in total. The van der Waals surface area contributed by atoms with Crippen molar-refractivity contribution < 1.29 is 14.6 Å². The standard InChI is InChI=1S/C14H24N2O3/c1-12(10-18-3)19-11-14(17)9-16(2)8-13-5-4-6-15-7-13/h4-7,12,14,17H,8-11H2,1-3H3. The van der Waals surface area contributed by atoms with E-state index in [0.29, 0.717) is 19.8 Å². The summed E-state index contributed by atoms with van der Waals surface area (Å²) in [4.78, 5) is 6.12. The second kappa shape index (κ2) is 8.98. The molecule has 108 valence electrons. The fourth-order valence-corrected chi connectivity index (χ4v) is 1.84. The number of rotatable bonds is 9. The van der Waals surface area contributed by atoms with E-state index < -0.39 is 6.10 Å². The monoisotopic (exact) mass is 268 g/mol. The fourth-order valence-electron chi connectivity index (χ4n) is 1.84. The maximum atomic E-state index is 9.89. The minimum absolute atomic E-state index is 0.00304. The van der Waals surface area contributed by atoms with Gasteiger partial charge in [0, 0.05) is 32.6 Å². The number of aliphatic hydroxyl groups excluding tert-OH is 1. The lowest BCUT2D eigenvalue weighted by Gasteiger charge is -2.21. The molecule has 1 N–H and O–H groups in total. The molecule has 1 heterocycles. The first kappa shape index (κ1) is 16.0. The Hall–Kier alpha value is -1.01. The number of aliphatic hydroxyl groups is 1. The highest BCUT2D eigenvalue weighted by atomic mass is 16.5. The first-order valence-electron chi connectivity index (χ1n) is 6.48. The van der Waals surface area contributed by atoms with E-state index in [-0.39, 0.29) is 6.10 Å². The van der Waals surface area contributed by atoms with Crippen LogP contribution in [-0.4, -0.2) is 61.1 Å². The number of aromatic nitrogens is 1. The molecule has 2 atom stereocenters. The molecule has 0 bridgehead atoms. The number of hydrogen-bond acceptors (Lipinski definition) is 5. The Morgan fingerprint density at radius 3 is 2.84 bits per heavy atom. The van der Waals surface area contributed by atoms with Crippen LogP contribution in [-0.2, 0) is 16.0 Å². The van der Waals surface area contributed by atoms with Crippen LogP contribution in [0.2, 0.25) is 0 Å². The quantitative estimate of drug-likeness (QED) is 0.722. The number of methoxy groups -OCH3 is 1. The highest BCUT2D eigenvalue weighted by Gasteiger charge is 2.11. The molecule has 0 spiro atoms. The van der Waals surface area contributed by atoms with Crippen LogP contribution in [0.3, 0.4) is 0 Å². The fraction of sp³-hybridized carbons (Fsp3) is 0.643. The zero-order chi connectivity index (χ0) is 14.1. The molecular formula is C14H24N2O3. The Labute approximate surface area is 115 Å². The summed E-state index contributed by atoms with van der Waals surface area (Å²) in [6, 6.07) is 3.93. The molecule has 0 saturated heterocycles. The van der Waals surface area contributed by atoms with Crippen molar-refractivity contribution in [1.82, 2.24) is 9.88 Å². The van der Waals surface area contributed by atoms with Crippen LogP contribution in [0.1, 0.15) is 12.5 Å². The summed E-state index contributed by atoms with van der Waals surface area (Å²) < 4.78 is 10.5. The minimum Gasteiger partial charge on any atom is -0.389 e. The van der Waals surface area contributed by atoms with E-state index in [1.807, 2.05) is 37.2 Å². The van der Waals surface area contributed by atoms with Gasteiger partial charge in [0.2, 0.25) is 0 Å². The molecule has 0 aliphatic rings. The third kappa shape index (κ3) is 7.22. The molecule has 0 amide bonds. The molecule has 0 aliphatic carbocycles. The summed E-state index contributed by atoms with van der Waals surface area (Å²) in [6.07, 6.45) is 3.09. The Bertz CT molecular complexity index is 335. The molecule has 19 heavy (non-hydrogen) atoms. The van der Waals surface area contributed by atoms with E-state index in [2.05, 4.69) is 4.98 Å². The number of likely N-dealkylation sites (N-methyl/N-ethyl adjacent to an activating group) is 1. The normalized spacial score (nSPS) is 14.6. The Morgan fingerprint density at radius 1 is 1.42 bits per heavy atom. The molecule has 0 aromatic carbocycles. The van der Waals surface area contributed by atoms with Gasteiger partial charge in [0.05, 0.1) is 25.4 Å². The van der Waals surface area contributed by atoms with Crippen LogP contribution >= 0.6 is 0 Å². The lowest BCUT2D eigenvalue weighted by atomic mass is 10.2. The van der Waals surface area contributed by atoms with Crippen molar-refractivity contribution in [2.24, 2.45) is 0 Å². The minimum atomic E-state index is -0.499. The summed E-state index contributed by atoms with van der Waals surface area (Å²) in [5.74, 6) is 0. The second-order valence-corrected chi connectivity index (χ2v) is 4.81. The van der Waals surface area contributed by atoms with Gasteiger partial charge in [0.1, 0.15) is 0 Å². The summed E-state index contributed by atoms with van der Waals surface area (Å²) in [5, 5.41) is 9.89. The van der Waals surface area contributed by atoms with Crippen molar-refractivity contribution in [3.05, 3.63) is 30.1 Å². The van der Waals surface area contributed by atoms with Crippen LogP contribution in [0.25, 0.3) is 0 Å². The van der Waals surface area contributed by atoms with E-state index in [1.54, 1.807) is 13.3 Å². The summed E-state index contributed by atoms with van der Waals surface area (Å²) in [5.41, 5.74) is 1.13. The van der Waals surface area contributed by atoms with E-state index in [1.165, 1.54) is 0 Å². The average molecular weight is 268 g/mol. The van der Waals surface area contributed by atoms with Crippen molar-refractivity contribution in [2.75, 3.05) is 33.9 Å². The highest BCUT2D eigenvalue weighted by Crippen LogP contribution is 2.02. The SMILES string of the molecule is COCC(C)OCC(O)CN(C)Cc1cccnc1. The van der Waals surface area contributed by atoms with Gasteiger partial charge in [-0.1, -0.05) is 6.07 Å². The van der Waals surface area contributed by atoms with Gasteiger partial charge in [-0.15, -0.1) is 0 Å². The van der Waals surface area contributed by atoms with Crippen molar-refractivity contribution in [3.63, 3.8) is 0 Å². The van der Waals surface area contributed by atoms with Gasteiger partial charge in [-0.3, -0.25) is 9.88 Å². The van der Waals surface area contributed by atoms with Crippen molar-refractivity contribution in [1.29, 1.82) is 0 Å². The maximum Gasteiger partial charge on any atom is 0.0900 e. The molecule has 1 aromatic heterocycles. The predicted molar refractivity (Wildman–Crippen MR) is 73.9 cm³/mol. The van der Waals surface area contributed by atoms with Crippen molar-refractivity contribution in [2.45, 2.75) is 25.7 Å². The third-order valence-electron chi connectivity index (χ3n) is 2.67. The topological polar surface area (TPSA) is 54.8 Å². The van der Waals surface area contributed by atoms with E-state index in [9.17, 15) is 5.11 Å². The summed E-state index contributed by atoms with van der Waals surface area (Å²) in [7, 11) is 3.60. The van der Waals surface area contributed by atoms with Gasteiger partial charge in [0.25, 0.3) is 0 Å². The lowest BCUT2D eigenvalue weighted by molar-refractivity contribution is -0.0385. The molecule has 1 aromatic rings. The average Bonchev–Trinajstić information content (AvgIpc) is 2.38. The number of ether oxygens (including phenoxy) is 2. The van der Waals surface area contributed by atoms with Crippen molar-refractivity contribution in [3.8, 4) is 0 Å². The zero-order valence-corrected chi connectivity index (χ0v) is 12.0. The highest BCUT2D eigenvalue weighted by molar-refractivity contribution is 5.07. The van der Waals surface area contributed by atoms with Crippen molar-refractivity contribution >= 4 is 0 Å². The van der Waals surface area contributed by atoms with Gasteiger partial charge < -0.3 is 14.6 Å². The Morgan fingerprint density at radius 2 is 2.21 bits per heavy atom. The number of nitrogens with zero attached hydrogens (tertiary/aromatic N) is 2. The van der Waals surface area contributed by atoms with Gasteiger partial charge in [0.15, 0.2) is 0 Å². The molecule has 5 heteroatoms. The molecule has 0 saturated carbocycles. The van der Waals surface area contributed by atoms with E-state index in [0.717, 1.165) is 12.1 Å². The van der Waals surface area contributed by atoms with E-state index in [4.69, 9.17) is 9.47 Å². The molecule has 0 radical (unpaired) electrons. The maximum absolute atomic E-state index is 9.89. The summed E-state index contributed by atoms with van der Waals surface area (Å²) >= 11 is 0. The Kier molecular flexibility index (Phi) is 7.59. The Balaban J connectivity index is 2.22. The largest absolute Gasteiger partial charge is 0.389 e. The summed E-state index contributed by atoms with van der Waals surface area (Å²) in [6.45, 7) is 4.11. The van der Waals surface area contributed by atoms with E-state index >= 15 is 0 Å². The van der Waals surface area contributed by atoms with Crippen LogP contribution in [0.4, 0.5) is 0 Å². The van der Waals surface area contributed by atoms with Crippen LogP contribution in [0.5, 0.6) is 0 Å². The molecule has 1 rings (SSSR count). The molecule has 0 aliphatic heterocycles.